The molecule has 1 aromatic carbocycles. The van der Waals surface area contributed by atoms with E-state index in [-0.39, 0.29) is 11.8 Å². The zero-order valence-electron chi connectivity index (χ0n) is 11.3. The van der Waals surface area contributed by atoms with Crippen LogP contribution in [0.25, 0.3) is 0 Å². The number of nitrogens with one attached hydrogen (secondary N) is 1. The number of ether oxygens (including phenoxy) is 1. The molecule has 0 bridgehead atoms. The third-order valence-corrected chi connectivity index (χ3v) is 3.33. The molecule has 0 aliphatic rings. The first kappa shape index (κ1) is 15.5. The van der Waals surface area contributed by atoms with E-state index in [1.165, 1.54) is 13.2 Å². The quantitative estimate of drug-likeness (QED) is 0.842. The number of rotatable bonds is 5. The first-order valence-electron chi connectivity index (χ1n) is 6.22. The number of benzene rings is 1. The molecule has 0 saturated carbocycles. The summed E-state index contributed by atoms with van der Waals surface area (Å²) in [5.41, 5.74) is 0.785. The molecule has 0 aliphatic heterocycles. The molecule has 1 N–H and O–H groups in total. The molecular weight excluding hydrogens is 266 g/mol. The van der Waals surface area contributed by atoms with E-state index in [2.05, 4.69) is 10.1 Å². The number of hydrogen-bond donors (Lipinski definition) is 1. The van der Waals surface area contributed by atoms with Gasteiger partial charge < -0.3 is 10.1 Å². The SMILES string of the molecule is CCC(CC)C(=O)Nc1cc(C(=O)OC)ccc1Cl. The summed E-state index contributed by atoms with van der Waals surface area (Å²) in [5, 5.41) is 3.15. The number of carbonyl (C=O) groups is 2. The minimum Gasteiger partial charge on any atom is -0.465 e. The topological polar surface area (TPSA) is 55.4 Å². The average Bonchev–Trinajstić information content (AvgIpc) is 2.41. The Morgan fingerprint density at radius 2 is 1.95 bits per heavy atom. The lowest BCUT2D eigenvalue weighted by molar-refractivity contribution is -0.120. The van der Waals surface area contributed by atoms with E-state index in [1.807, 2.05) is 13.8 Å². The smallest absolute Gasteiger partial charge is 0.337 e. The largest absolute Gasteiger partial charge is 0.465 e. The first-order chi connectivity index (χ1) is 9.03. The Hall–Kier alpha value is -1.55. The summed E-state index contributed by atoms with van der Waals surface area (Å²) in [6.07, 6.45) is 1.52. The Balaban J connectivity index is 2.94. The van der Waals surface area contributed by atoms with E-state index in [4.69, 9.17) is 11.6 Å². The van der Waals surface area contributed by atoms with E-state index in [1.54, 1.807) is 12.1 Å². The molecule has 0 spiro atoms. The molecule has 0 radical (unpaired) electrons. The summed E-state index contributed by atoms with van der Waals surface area (Å²) in [5.74, 6) is -0.610. The predicted molar refractivity (Wildman–Crippen MR) is 75.5 cm³/mol. The molecule has 0 aliphatic carbocycles. The van der Waals surface area contributed by atoms with Crippen LogP contribution in [0.5, 0.6) is 0 Å². The molecular formula is C14H18ClNO3. The summed E-state index contributed by atoms with van der Waals surface area (Å²) in [6, 6.07) is 4.64. The van der Waals surface area contributed by atoms with Gasteiger partial charge in [-0.1, -0.05) is 25.4 Å². The lowest BCUT2D eigenvalue weighted by Gasteiger charge is -2.14. The van der Waals surface area contributed by atoms with Crippen molar-refractivity contribution in [3.05, 3.63) is 28.8 Å². The summed E-state index contributed by atoms with van der Waals surface area (Å²) in [4.78, 5) is 23.4. The van der Waals surface area contributed by atoms with Gasteiger partial charge in [-0.15, -0.1) is 0 Å². The van der Waals surface area contributed by atoms with E-state index in [9.17, 15) is 9.59 Å². The molecule has 1 rings (SSSR count). The van der Waals surface area contributed by atoms with Crippen LogP contribution in [0.4, 0.5) is 5.69 Å². The molecule has 0 heterocycles. The minimum absolute atomic E-state index is 0.0575. The van der Waals surface area contributed by atoms with Crippen molar-refractivity contribution in [3.63, 3.8) is 0 Å². The predicted octanol–water partition coefficient (Wildman–Crippen LogP) is 3.50. The van der Waals surface area contributed by atoms with Crippen LogP contribution in [0.15, 0.2) is 18.2 Å². The second-order valence-electron chi connectivity index (χ2n) is 4.19. The fraction of sp³-hybridized carbons (Fsp3) is 0.429. The summed E-state index contributed by atoms with van der Waals surface area (Å²) in [6.45, 7) is 3.92. The van der Waals surface area contributed by atoms with E-state index in [0.29, 0.717) is 16.3 Å². The number of halogens is 1. The molecule has 0 unspecified atom stereocenters. The van der Waals surface area contributed by atoms with Crippen LogP contribution in [0.2, 0.25) is 5.02 Å². The Morgan fingerprint density at radius 1 is 1.32 bits per heavy atom. The molecule has 104 valence electrons. The van der Waals surface area contributed by atoms with Crippen molar-refractivity contribution in [2.45, 2.75) is 26.7 Å². The molecule has 4 nitrogen and oxygen atoms in total. The third kappa shape index (κ3) is 3.96. The van der Waals surface area contributed by atoms with Gasteiger partial charge in [-0.3, -0.25) is 4.79 Å². The van der Waals surface area contributed by atoms with Gasteiger partial charge in [0.2, 0.25) is 5.91 Å². The molecule has 5 heteroatoms. The van der Waals surface area contributed by atoms with E-state index >= 15 is 0 Å². The molecule has 0 aromatic heterocycles. The number of esters is 1. The van der Waals surface area contributed by atoms with Gasteiger partial charge in [0.15, 0.2) is 0 Å². The maximum absolute atomic E-state index is 12.0. The van der Waals surface area contributed by atoms with E-state index < -0.39 is 5.97 Å². The number of hydrogen-bond acceptors (Lipinski definition) is 3. The van der Waals surface area contributed by atoms with Gasteiger partial charge >= 0.3 is 5.97 Å². The fourth-order valence-electron chi connectivity index (χ4n) is 1.76. The highest BCUT2D eigenvalue weighted by Gasteiger charge is 2.16. The summed E-state index contributed by atoms with van der Waals surface area (Å²) >= 11 is 6.01. The third-order valence-electron chi connectivity index (χ3n) is 3.00. The van der Waals surface area contributed by atoms with Crippen molar-refractivity contribution in [2.75, 3.05) is 12.4 Å². The lowest BCUT2D eigenvalue weighted by atomic mass is 10.0. The molecule has 0 saturated heterocycles. The highest BCUT2D eigenvalue weighted by atomic mass is 35.5. The van der Waals surface area contributed by atoms with Crippen LogP contribution in [-0.2, 0) is 9.53 Å². The van der Waals surface area contributed by atoms with Crippen molar-refractivity contribution < 1.29 is 14.3 Å². The van der Waals surface area contributed by atoms with Gasteiger partial charge in [0, 0.05) is 5.92 Å². The zero-order valence-corrected chi connectivity index (χ0v) is 12.1. The van der Waals surface area contributed by atoms with Crippen LogP contribution in [-0.4, -0.2) is 19.0 Å². The second kappa shape index (κ2) is 7.14. The minimum atomic E-state index is -0.463. The van der Waals surface area contributed by atoms with Crippen LogP contribution >= 0.6 is 11.6 Å². The van der Waals surface area contributed by atoms with Crippen molar-refractivity contribution in [1.82, 2.24) is 0 Å². The van der Waals surface area contributed by atoms with Crippen LogP contribution in [0.3, 0.4) is 0 Å². The highest BCUT2D eigenvalue weighted by Crippen LogP contribution is 2.24. The number of methoxy groups -OCH3 is 1. The number of anilines is 1. The summed E-state index contributed by atoms with van der Waals surface area (Å²) < 4.78 is 4.63. The van der Waals surface area contributed by atoms with Crippen molar-refractivity contribution in [3.8, 4) is 0 Å². The summed E-state index contributed by atoms with van der Waals surface area (Å²) in [7, 11) is 1.30. The Bertz CT molecular complexity index is 470. The molecule has 19 heavy (non-hydrogen) atoms. The normalized spacial score (nSPS) is 10.4. The van der Waals surface area contributed by atoms with Crippen molar-refractivity contribution in [2.24, 2.45) is 5.92 Å². The maximum atomic E-state index is 12.0. The van der Waals surface area contributed by atoms with Crippen LogP contribution in [0, 0.1) is 5.92 Å². The van der Waals surface area contributed by atoms with Crippen molar-refractivity contribution in [1.29, 1.82) is 0 Å². The monoisotopic (exact) mass is 283 g/mol. The Kier molecular flexibility index (Phi) is 5.83. The van der Waals surface area contributed by atoms with Crippen LogP contribution in [0.1, 0.15) is 37.0 Å². The fourth-order valence-corrected chi connectivity index (χ4v) is 1.92. The standard InChI is InChI=1S/C14H18ClNO3/c1-4-9(5-2)13(17)16-12-8-10(14(18)19-3)6-7-11(12)15/h6-9H,4-5H2,1-3H3,(H,16,17). The zero-order chi connectivity index (χ0) is 14.4. The van der Waals surface area contributed by atoms with Gasteiger partial charge in [-0.05, 0) is 31.0 Å². The Morgan fingerprint density at radius 3 is 2.47 bits per heavy atom. The Labute approximate surface area is 118 Å². The average molecular weight is 284 g/mol. The second-order valence-corrected chi connectivity index (χ2v) is 4.60. The number of amides is 1. The number of carbonyl (C=O) groups excluding carboxylic acids is 2. The van der Waals surface area contributed by atoms with Gasteiger partial charge in [0.25, 0.3) is 0 Å². The molecule has 1 amide bonds. The van der Waals surface area contributed by atoms with Gasteiger partial charge in [0.1, 0.15) is 0 Å². The lowest BCUT2D eigenvalue weighted by Crippen LogP contribution is -2.22. The van der Waals surface area contributed by atoms with E-state index in [0.717, 1.165) is 12.8 Å². The highest BCUT2D eigenvalue weighted by molar-refractivity contribution is 6.33. The van der Waals surface area contributed by atoms with Gasteiger partial charge in [-0.2, -0.15) is 0 Å². The van der Waals surface area contributed by atoms with Crippen molar-refractivity contribution >= 4 is 29.2 Å². The van der Waals surface area contributed by atoms with Gasteiger partial charge in [-0.25, -0.2) is 4.79 Å². The molecule has 1 aromatic rings. The first-order valence-corrected chi connectivity index (χ1v) is 6.59. The maximum Gasteiger partial charge on any atom is 0.337 e. The van der Waals surface area contributed by atoms with Gasteiger partial charge in [0.05, 0.1) is 23.4 Å². The van der Waals surface area contributed by atoms with Crippen LogP contribution < -0.4 is 5.32 Å². The molecule has 0 fully saturated rings. The molecule has 0 atom stereocenters.